The molecule has 0 atom stereocenters. The Morgan fingerprint density at radius 3 is 2.31 bits per heavy atom. The number of hydrogen-bond donors (Lipinski definition) is 0. The average molecular weight is 191 g/mol. The fraction of sp³-hybridized carbons (Fsp3) is 0.125. The molecule has 0 bridgehead atoms. The van der Waals surface area contributed by atoms with Gasteiger partial charge in [-0.05, 0) is 12.1 Å². The molecule has 13 heavy (non-hydrogen) atoms. The molecule has 5 heteroatoms. The van der Waals surface area contributed by atoms with E-state index < -0.39 is 6.36 Å². The maximum absolute atomic E-state index is 11.7. The molecule has 0 saturated heterocycles. The van der Waals surface area contributed by atoms with Crippen LogP contribution in [0.25, 0.3) is 0 Å². The zero-order chi connectivity index (χ0) is 9.90. The molecule has 0 heterocycles. The summed E-state index contributed by atoms with van der Waals surface area (Å²) in [6, 6.07) is 5.12. The summed E-state index contributed by atoms with van der Waals surface area (Å²) in [6.45, 7) is 0. The standard InChI is InChI=1S/C8H6F3O2/c1-12-6-3-2-4-7(5-6)13-8(9,10)11/h2-5H,1H2. The molecule has 0 saturated carbocycles. The van der Waals surface area contributed by atoms with E-state index in [2.05, 4.69) is 16.6 Å². The summed E-state index contributed by atoms with van der Waals surface area (Å²) in [5, 5.41) is 0. The Labute approximate surface area is 72.9 Å². The summed E-state index contributed by atoms with van der Waals surface area (Å²) < 4.78 is 43.2. The van der Waals surface area contributed by atoms with Crippen LogP contribution in [0.3, 0.4) is 0 Å². The first kappa shape index (κ1) is 9.70. The van der Waals surface area contributed by atoms with Crippen LogP contribution in [0.2, 0.25) is 0 Å². The van der Waals surface area contributed by atoms with Gasteiger partial charge in [-0.3, -0.25) is 0 Å². The summed E-state index contributed by atoms with van der Waals surface area (Å²) in [5.74, 6) is -0.115. The molecule has 0 aliphatic rings. The van der Waals surface area contributed by atoms with Crippen LogP contribution in [-0.4, -0.2) is 6.36 Å². The quantitative estimate of drug-likeness (QED) is 0.715. The molecule has 0 aliphatic carbocycles. The molecule has 71 valence electrons. The highest BCUT2D eigenvalue weighted by Gasteiger charge is 2.31. The third kappa shape index (κ3) is 3.23. The fourth-order valence-electron chi connectivity index (χ4n) is 0.761. The third-order valence-corrected chi connectivity index (χ3v) is 1.21. The number of ether oxygens (including phenoxy) is 2. The van der Waals surface area contributed by atoms with E-state index in [0.29, 0.717) is 0 Å². The summed E-state index contributed by atoms with van der Waals surface area (Å²) in [6.07, 6.45) is -4.68. The predicted octanol–water partition coefficient (Wildman–Crippen LogP) is 2.76. The molecule has 0 unspecified atom stereocenters. The first-order valence-corrected chi connectivity index (χ1v) is 3.29. The lowest BCUT2D eigenvalue weighted by molar-refractivity contribution is -0.274. The van der Waals surface area contributed by atoms with Crippen LogP contribution >= 0.6 is 0 Å². The van der Waals surface area contributed by atoms with Gasteiger partial charge < -0.3 is 9.47 Å². The maximum Gasteiger partial charge on any atom is 0.573 e. The number of hydrogen-bond acceptors (Lipinski definition) is 2. The van der Waals surface area contributed by atoms with Gasteiger partial charge in [-0.25, -0.2) is 0 Å². The molecule has 0 N–H and O–H groups in total. The van der Waals surface area contributed by atoms with Gasteiger partial charge in [0.2, 0.25) is 0 Å². The Balaban J connectivity index is 2.78. The van der Waals surface area contributed by atoms with Gasteiger partial charge in [0.15, 0.2) is 0 Å². The lowest BCUT2D eigenvalue weighted by Gasteiger charge is -2.09. The first-order valence-electron chi connectivity index (χ1n) is 3.29. The van der Waals surface area contributed by atoms with Crippen LogP contribution in [0.5, 0.6) is 11.5 Å². The van der Waals surface area contributed by atoms with E-state index in [4.69, 9.17) is 0 Å². The highest BCUT2D eigenvalue weighted by Crippen LogP contribution is 2.25. The molecular weight excluding hydrogens is 185 g/mol. The maximum atomic E-state index is 11.7. The lowest BCUT2D eigenvalue weighted by atomic mass is 10.3. The van der Waals surface area contributed by atoms with Crippen LogP contribution in [0.15, 0.2) is 24.3 Å². The van der Waals surface area contributed by atoms with Crippen LogP contribution in [-0.2, 0) is 0 Å². The minimum Gasteiger partial charge on any atom is -0.490 e. The molecule has 0 aromatic heterocycles. The van der Waals surface area contributed by atoms with Crippen LogP contribution in [0, 0.1) is 7.11 Å². The summed E-state index contributed by atoms with van der Waals surface area (Å²) in [7, 11) is 3.06. The minimum absolute atomic E-state index is 0.210. The van der Waals surface area contributed by atoms with E-state index in [1.54, 1.807) is 0 Å². The average Bonchev–Trinajstić information content (AvgIpc) is 2.01. The molecule has 1 aromatic carbocycles. The number of benzene rings is 1. The number of halogens is 3. The van der Waals surface area contributed by atoms with E-state index >= 15 is 0 Å². The zero-order valence-electron chi connectivity index (χ0n) is 6.47. The van der Waals surface area contributed by atoms with Crippen molar-refractivity contribution in [2.24, 2.45) is 0 Å². The van der Waals surface area contributed by atoms with Crippen molar-refractivity contribution in [2.45, 2.75) is 6.36 Å². The van der Waals surface area contributed by atoms with Crippen LogP contribution in [0.1, 0.15) is 0 Å². The minimum atomic E-state index is -4.68. The van der Waals surface area contributed by atoms with Crippen molar-refractivity contribution in [1.29, 1.82) is 0 Å². The summed E-state index contributed by atoms with van der Waals surface area (Å²) >= 11 is 0. The van der Waals surface area contributed by atoms with E-state index in [0.717, 1.165) is 6.07 Å². The van der Waals surface area contributed by atoms with Gasteiger partial charge in [-0.2, -0.15) is 0 Å². The second-order valence-corrected chi connectivity index (χ2v) is 2.17. The van der Waals surface area contributed by atoms with Crippen molar-refractivity contribution in [1.82, 2.24) is 0 Å². The largest absolute Gasteiger partial charge is 0.573 e. The van der Waals surface area contributed by atoms with Crippen LogP contribution < -0.4 is 9.47 Å². The highest BCUT2D eigenvalue weighted by molar-refractivity contribution is 5.33. The lowest BCUT2D eigenvalue weighted by Crippen LogP contribution is -2.16. The Hall–Kier alpha value is -1.39. The molecule has 0 aliphatic heterocycles. The van der Waals surface area contributed by atoms with Gasteiger partial charge in [0.05, 0.1) is 0 Å². The Kier molecular flexibility index (Phi) is 2.65. The summed E-state index contributed by atoms with van der Waals surface area (Å²) in [4.78, 5) is 0. The van der Waals surface area contributed by atoms with E-state index in [1.165, 1.54) is 18.2 Å². The van der Waals surface area contributed by atoms with Crippen molar-refractivity contribution >= 4 is 0 Å². The SMILES string of the molecule is [CH2]Oc1cccc(OC(F)(F)F)c1. The smallest absolute Gasteiger partial charge is 0.490 e. The highest BCUT2D eigenvalue weighted by atomic mass is 19.4. The molecule has 0 fully saturated rings. The molecule has 1 rings (SSSR count). The van der Waals surface area contributed by atoms with Gasteiger partial charge in [0, 0.05) is 6.07 Å². The molecule has 1 aromatic rings. The van der Waals surface area contributed by atoms with Gasteiger partial charge in [0.1, 0.15) is 18.6 Å². The first-order chi connectivity index (χ1) is 6.01. The van der Waals surface area contributed by atoms with Crippen molar-refractivity contribution in [2.75, 3.05) is 0 Å². The predicted molar refractivity (Wildman–Crippen MR) is 39.1 cm³/mol. The molecule has 1 radical (unpaired) electrons. The number of alkyl halides is 3. The van der Waals surface area contributed by atoms with Crippen molar-refractivity contribution in [3.05, 3.63) is 31.4 Å². The van der Waals surface area contributed by atoms with Gasteiger partial charge >= 0.3 is 6.36 Å². The Morgan fingerprint density at radius 2 is 1.77 bits per heavy atom. The van der Waals surface area contributed by atoms with Gasteiger partial charge in [-0.1, -0.05) is 6.07 Å². The normalized spacial score (nSPS) is 11.1. The van der Waals surface area contributed by atoms with Crippen molar-refractivity contribution in [3.8, 4) is 11.5 Å². The second kappa shape index (κ2) is 3.55. The van der Waals surface area contributed by atoms with Gasteiger partial charge in [-0.15, -0.1) is 13.2 Å². The third-order valence-electron chi connectivity index (χ3n) is 1.21. The van der Waals surface area contributed by atoms with E-state index in [1.807, 2.05) is 0 Å². The Bertz CT molecular complexity index is 283. The topological polar surface area (TPSA) is 18.5 Å². The number of rotatable bonds is 2. The summed E-state index contributed by atoms with van der Waals surface area (Å²) in [5.41, 5.74) is 0. The van der Waals surface area contributed by atoms with Crippen molar-refractivity contribution in [3.63, 3.8) is 0 Å². The van der Waals surface area contributed by atoms with E-state index in [9.17, 15) is 13.2 Å². The van der Waals surface area contributed by atoms with Crippen molar-refractivity contribution < 1.29 is 22.6 Å². The molecular formula is C8H6F3O2. The van der Waals surface area contributed by atoms with E-state index in [-0.39, 0.29) is 11.5 Å². The monoisotopic (exact) mass is 191 g/mol. The molecule has 0 amide bonds. The zero-order valence-corrected chi connectivity index (χ0v) is 6.47. The molecule has 0 spiro atoms. The fourth-order valence-corrected chi connectivity index (χ4v) is 0.761. The van der Waals surface area contributed by atoms with Gasteiger partial charge in [0.25, 0.3) is 0 Å². The second-order valence-electron chi connectivity index (χ2n) is 2.17. The molecule has 2 nitrogen and oxygen atoms in total. The van der Waals surface area contributed by atoms with Crippen LogP contribution in [0.4, 0.5) is 13.2 Å². The Morgan fingerprint density at radius 1 is 1.15 bits per heavy atom.